The highest BCUT2D eigenvalue weighted by atomic mass is 35.5. The van der Waals surface area contributed by atoms with Gasteiger partial charge in [0.1, 0.15) is 5.82 Å². The Kier molecular flexibility index (Phi) is 5.68. The lowest BCUT2D eigenvalue weighted by atomic mass is 10.1. The fourth-order valence-electron chi connectivity index (χ4n) is 2.83. The quantitative estimate of drug-likeness (QED) is 0.774. The predicted octanol–water partition coefficient (Wildman–Crippen LogP) is 3.48. The molecule has 2 aromatic rings. The van der Waals surface area contributed by atoms with Gasteiger partial charge in [-0.15, -0.1) is 0 Å². The minimum atomic E-state index is -0.633. The van der Waals surface area contributed by atoms with Crippen LogP contribution in [0.25, 0.3) is 6.08 Å². The summed E-state index contributed by atoms with van der Waals surface area (Å²) in [4.78, 5) is 28.0. The van der Waals surface area contributed by atoms with Gasteiger partial charge in [-0.05, 0) is 23.8 Å². The van der Waals surface area contributed by atoms with Crippen molar-refractivity contribution >= 4 is 29.5 Å². The molecule has 2 amide bonds. The molecule has 0 spiro atoms. The zero-order valence-electron chi connectivity index (χ0n) is 14.1. The van der Waals surface area contributed by atoms with Crippen molar-refractivity contribution in [2.75, 3.05) is 26.2 Å². The fourth-order valence-corrected chi connectivity index (χ4v) is 3.07. The standard InChI is InChI=1S/C20H18ClFN2O2/c21-16-7-4-8-17(22)19(16)20(26)24-13-11-23(12-14-24)18(25)10-9-15-5-2-1-3-6-15/h1-10H,11-14H2/b10-9+. The third-order valence-electron chi connectivity index (χ3n) is 4.27. The van der Waals surface area contributed by atoms with Crippen LogP contribution in [0.15, 0.2) is 54.6 Å². The lowest BCUT2D eigenvalue weighted by molar-refractivity contribution is -0.127. The van der Waals surface area contributed by atoms with Crippen molar-refractivity contribution in [3.8, 4) is 0 Å². The van der Waals surface area contributed by atoms with Crippen molar-refractivity contribution in [3.05, 3.63) is 76.6 Å². The summed E-state index contributed by atoms with van der Waals surface area (Å²) in [7, 11) is 0. The number of carbonyl (C=O) groups excluding carboxylic acids is 2. The third kappa shape index (κ3) is 4.11. The number of carbonyl (C=O) groups is 2. The second kappa shape index (κ2) is 8.15. The molecular formula is C20H18ClFN2O2. The Morgan fingerprint density at radius 1 is 0.923 bits per heavy atom. The normalized spacial score (nSPS) is 14.7. The Morgan fingerprint density at radius 3 is 2.23 bits per heavy atom. The van der Waals surface area contributed by atoms with Gasteiger partial charge in [0.25, 0.3) is 5.91 Å². The van der Waals surface area contributed by atoms with Crippen LogP contribution in [-0.4, -0.2) is 47.8 Å². The molecule has 1 fully saturated rings. The lowest BCUT2D eigenvalue weighted by Crippen LogP contribution is -2.50. The van der Waals surface area contributed by atoms with Gasteiger partial charge in [0.2, 0.25) is 5.91 Å². The van der Waals surface area contributed by atoms with Crippen LogP contribution in [0.4, 0.5) is 4.39 Å². The molecule has 2 aromatic carbocycles. The Bertz CT molecular complexity index is 811. The summed E-state index contributed by atoms with van der Waals surface area (Å²) in [5, 5.41) is 0.0966. The Hall–Kier alpha value is -2.66. The number of amides is 2. The number of benzene rings is 2. The molecule has 1 aliphatic heterocycles. The maximum atomic E-state index is 13.9. The second-order valence-corrected chi connectivity index (χ2v) is 6.37. The minimum Gasteiger partial charge on any atom is -0.336 e. The molecule has 0 aliphatic carbocycles. The van der Waals surface area contributed by atoms with Gasteiger partial charge in [0.05, 0.1) is 10.6 Å². The van der Waals surface area contributed by atoms with Crippen LogP contribution in [0.1, 0.15) is 15.9 Å². The van der Waals surface area contributed by atoms with Crippen LogP contribution < -0.4 is 0 Å². The summed E-state index contributed by atoms with van der Waals surface area (Å²) in [5.74, 6) is -1.18. The molecule has 0 saturated carbocycles. The van der Waals surface area contributed by atoms with Crippen molar-refractivity contribution in [3.63, 3.8) is 0 Å². The molecule has 134 valence electrons. The molecule has 6 heteroatoms. The summed E-state index contributed by atoms with van der Waals surface area (Å²) < 4.78 is 13.9. The van der Waals surface area contributed by atoms with E-state index in [0.29, 0.717) is 26.2 Å². The summed E-state index contributed by atoms with van der Waals surface area (Å²) >= 11 is 5.96. The number of hydrogen-bond donors (Lipinski definition) is 0. The summed E-state index contributed by atoms with van der Waals surface area (Å²) in [6, 6.07) is 13.7. The van der Waals surface area contributed by atoms with Crippen LogP contribution in [0.5, 0.6) is 0 Å². The van der Waals surface area contributed by atoms with E-state index < -0.39 is 11.7 Å². The second-order valence-electron chi connectivity index (χ2n) is 5.96. The molecule has 0 bridgehead atoms. The molecule has 0 unspecified atom stereocenters. The summed E-state index contributed by atoms with van der Waals surface area (Å²) in [6.07, 6.45) is 3.29. The van der Waals surface area contributed by atoms with E-state index in [1.54, 1.807) is 11.0 Å². The molecule has 1 saturated heterocycles. The van der Waals surface area contributed by atoms with Gasteiger partial charge in [-0.1, -0.05) is 48.0 Å². The molecule has 0 aromatic heterocycles. The van der Waals surface area contributed by atoms with Crippen molar-refractivity contribution in [2.45, 2.75) is 0 Å². The van der Waals surface area contributed by atoms with E-state index in [9.17, 15) is 14.0 Å². The topological polar surface area (TPSA) is 40.6 Å². The molecular weight excluding hydrogens is 355 g/mol. The van der Waals surface area contributed by atoms with Crippen molar-refractivity contribution in [2.24, 2.45) is 0 Å². The van der Waals surface area contributed by atoms with Crippen molar-refractivity contribution in [1.82, 2.24) is 9.80 Å². The first-order chi connectivity index (χ1) is 12.6. The monoisotopic (exact) mass is 372 g/mol. The Balaban J connectivity index is 1.59. The maximum absolute atomic E-state index is 13.9. The number of rotatable bonds is 3. The highest BCUT2D eigenvalue weighted by molar-refractivity contribution is 6.33. The Morgan fingerprint density at radius 2 is 1.58 bits per heavy atom. The van der Waals surface area contributed by atoms with Crippen LogP contribution >= 0.6 is 11.6 Å². The predicted molar refractivity (Wildman–Crippen MR) is 99.4 cm³/mol. The molecule has 26 heavy (non-hydrogen) atoms. The molecule has 1 aliphatic rings. The van der Waals surface area contributed by atoms with Crippen molar-refractivity contribution in [1.29, 1.82) is 0 Å². The average Bonchev–Trinajstić information content (AvgIpc) is 2.67. The number of nitrogens with zero attached hydrogens (tertiary/aromatic N) is 2. The number of piperazine rings is 1. The highest BCUT2D eigenvalue weighted by Gasteiger charge is 2.26. The molecule has 0 radical (unpaired) electrons. The van der Waals surface area contributed by atoms with Gasteiger partial charge in [-0.3, -0.25) is 9.59 Å². The van der Waals surface area contributed by atoms with E-state index in [0.717, 1.165) is 5.56 Å². The SMILES string of the molecule is O=C(/C=C/c1ccccc1)N1CCN(C(=O)c2c(F)cccc2Cl)CC1. The van der Waals surface area contributed by atoms with Gasteiger partial charge in [-0.2, -0.15) is 0 Å². The van der Waals surface area contributed by atoms with E-state index >= 15 is 0 Å². The fraction of sp³-hybridized carbons (Fsp3) is 0.200. The highest BCUT2D eigenvalue weighted by Crippen LogP contribution is 2.21. The zero-order valence-corrected chi connectivity index (χ0v) is 14.8. The van der Waals surface area contributed by atoms with Crippen LogP contribution in [0, 0.1) is 5.82 Å². The van der Waals surface area contributed by atoms with E-state index in [1.807, 2.05) is 30.3 Å². The molecule has 3 rings (SSSR count). The van der Waals surface area contributed by atoms with Crippen LogP contribution in [0.2, 0.25) is 5.02 Å². The maximum Gasteiger partial charge on any atom is 0.258 e. The van der Waals surface area contributed by atoms with E-state index in [1.165, 1.54) is 29.2 Å². The van der Waals surface area contributed by atoms with E-state index in [-0.39, 0.29) is 16.5 Å². The van der Waals surface area contributed by atoms with Crippen LogP contribution in [-0.2, 0) is 4.79 Å². The van der Waals surface area contributed by atoms with Gasteiger partial charge >= 0.3 is 0 Å². The van der Waals surface area contributed by atoms with Gasteiger partial charge < -0.3 is 9.80 Å². The average molecular weight is 373 g/mol. The lowest BCUT2D eigenvalue weighted by Gasteiger charge is -2.34. The van der Waals surface area contributed by atoms with Gasteiger partial charge in [-0.25, -0.2) is 4.39 Å². The van der Waals surface area contributed by atoms with Gasteiger partial charge in [0, 0.05) is 32.3 Å². The molecule has 0 N–H and O–H groups in total. The smallest absolute Gasteiger partial charge is 0.258 e. The first-order valence-electron chi connectivity index (χ1n) is 8.31. The first kappa shape index (κ1) is 18.1. The zero-order chi connectivity index (χ0) is 18.5. The van der Waals surface area contributed by atoms with Crippen LogP contribution in [0.3, 0.4) is 0 Å². The molecule has 1 heterocycles. The summed E-state index contributed by atoms with van der Waals surface area (Å²) in [5.41, 5.74) is 0.835. The Labute approximate surface area is 156 Å². The third-order valence-corrected chi connectivity index (χ3v) is 4.59. The summed E-state index contributed by atoms with van der Waals surface area (Å²) in [6.45, 7) is 1.48. The molecule has 0 atom stereocenters. The first-order valence-corrected chi connectivity index (χ1v) is 8.69. The minimum absolute atomic E-state index is 0.0966. The largest absolute Gasteiger partial charge is 0.336 e. The number of halogens is 2. The van der Waals surface area contributed by atoms with Gasteiger partial charge in [0.15, 0.2) is 0 Å². The van der Waals surface area contributed by atoms with E-state index in [4.69, 9.17) is 11.6 Å². The number of hydrogen-bond acceptors (Lipinski definition) is 2. The molecule has 4 nitrogen and oxygen atoms in total. The van der Waals surface area contributed by atoms with Crippen molar-refractivity contribution < 1.29 is 14.0 Å². The van der Waals surface area contributed by atoms with E-state index in [2.05, 4.69) is 0 Å².